The van der Waals surface area contributed by atoms with Crippen LogP contribution < -0.4 is 5.73 Å². The normalized spacial score (nSPS) is 19.8. The third kappa shape index (κ3) is 2.19. The standard InChI is InChI=1S/C13H17F2NO/c1-7-5-6-9(11(15)10(7)14)12(16)13(17)8-3-2-4-8/h5-6,8,12-13,17H,2-4,16H2,1H3/t12-,13+/m0/s1. The molecule has 1 aromatic carbocycles. The molecule has 2 nitrogen and oxygen atoms in total. The molecule has 3 N–H and O–H groups in total. The summed E-state index contributed by atoms with van der Waals surface area (Å²) in [6, 6.07) is 2.09. The molecule has 0 heterocycles. The lowest BCUT2D eigenvalue weighted by Gasteiger charge is -2.34. The Morgan fingerprint density at radius 2 is 1.94 bits per heavy atom. The van der Waals surface area contributed by atoms with E-state index in [1.807, 2.05) is 0 Å². The van der Waals surface area contributed by atoms with Gasteiger partial charge < -0.3 is 10.8 Å². The molecule has 0 radical (unpaired) electrons. The van der Waals surface area contributed by atoms with Crippen LogP contribution in [0.25, 0.3) is 0 Å². The van der Waals surface area contributed by atoms with Gasteiger partial charge in [0.05, 0.1) is 12.1 Å². The van der Waals surface area contributed by atoms with E-state index in [-0.39, 0.29) is 17.0 Å². The third-order valence-electron chi connectivity index (χ3n) is 3.67. The number of rotatable bonds is 3. The maximum atomic E-state index is 13.7. The molecule has 94 valence electrons. The lowest BCUT2D eigenvalue weighted by molar-refractivity contribution is 0.0403. The van der Waals surface area contributed by atoms with Crippen molar-refractivity contribution in [3.8, 4) is 0 Å². The second-order valence-electron chi connectivity index (χ2n) is 4.81. The van der Waals surface area contributed by atoms with Crippen LogP contribution in [0.1, 0.15) is 36.4 Å². The van der Waals surface area contributed by atoms with E-state index in [1.54, 1.807) is 0 Å². The van der Waals surface area contributed by atoms with Crippen LogP contribution in [0.3, 0.4) is 0 Å². The molecule has 1 aliphatic rings. The highest BCUT2D eigenvalue weighted by Gasteiger charge is 2.32. The van der Waals surface area contributed by atoms with Gasteiger partial charge in [0.1, 0.15) is 0 Å². The minimum absolute atomic E-state index is 0.0625. The van der Waals surface area contributed by atoms with E-state index in [1.165, 1.54) is 19.1 Å². The van der Waals surface area contributed by atoms with Gasteiger partial charge in [0.15, 0.2) is 11.6 Å². The molecule has 2 rings (SSSR count). The Bertz CT molecular complexity index is 418. The van der Waals surface area contributed by atoms with Crippen molar-refractivity contribution in [1.82, 2.24) is 0 Å². The Kier molecular flexibility index (Phi) is 3.45. The second kappa shape index (κ2) is 4.70. The summed E-state index contributed by atoms with van der Waals surface area (Å²) in [5.74, 6) is -1.69. The first-order valence-electron chi connectivity index (χ1n) is 5.90. The molecule has 1 aliphatic carbocycles. The summed E-state index contributed by atoms with van der Waals surface area (Å²) in [5, 5.41) is 9.96. The van der Waals surface area contributed by atoms with Crippen LogP contribution >= 0.6 is 0 Å². The highest BCUT2D eigenvalue weighted by molar-refractivity contribution is 5.28. The van der Waals surface area contributed by atoms with Gasteiger partial charge >= 0.3 is 0 Å². The summed E-state index contributed by atoms with van der Waals surface area (Å²) in [4.78, 5) is 0. The molecule has 2 atom stereocenters. The van der Waals surface area contributed by atoms with E-state index < -0.39 is 23.8 Å². The van der Waals surface area contributed by atoms with Crippen molar-refractivity contribution in [3.63, 3.8) is 0 Å². The number of hydrogen-bond donors (Lipinski definition) is 2. The SMILES string of the molecule is Cc1ccc([C@H](N)[C@H](O)C2CCC2)c(F)c1F. The van der Waals surface area contributed by atoms with Crippen molar-refractivity contribution in [2.45, 2.75) is 38.3 Å². The summed E-state index contributed by atoms with van der Waals surface area (Å²) < 4.78 is 27.1. The zero-order chi connectivity index (χ0) is 12.6. The lowest BCUT2D eigenvalue weighted by Crippen LogP contribution is -2.37. The van der Waals surface area contributed by atoms with Gasteiger partial charge in [-0.3, -0.25) is 0 Å². The molecule has 0 spiro atoms. The molecule has 0 saturated heterocycles. The maximum Gasteiger partial charge on any atom is 0.163 e. The topological polar surface area (TPSA) is 46.2 Å². The summed E-state index contributed by atoms with van der Waals surface area (Å²) >= 11 is 0. The number of aryl methyl sites for hydroxylation is 1. The fourth-order valence-corrected chi connectivity index (χ4v) is 2.18. The van der Waals surface area contributed by atoms with Gasteiger partial charge in [0.25, 0.3) is 0 Å². The molecule has 1 saturated carbocycles. The van der Waals surface area contributed by atoms with Gasteiger partial charge in [-0.1, -0.05) is 18.6 Å². The largest absolute Gasteiger partial charge is 0.391 e. The highest BCUT2D eigenvalue weighted by Crippen LogP contribution is 2.35. The van der Waals surface area contributed by atoms with Gasteiger partial charge in [0, 0.05) is 5.56 Å². The van der Waals surface area contributed by atoms with Crippen molar-refractivity contribution in [3.05, 3.63) is 34.9 Å². The van der Waals surface area contributed by atoms with Crippen molar-refractivity contribution in [1.29, 1.82) is 0 Å². The van der Waals surface area contributed by atoms with E-state index in [9.17, 15) is 13.9 Å². The van der Waals surface area contributed by atoms with Gasteiger partial charge in [0.2, 0.25) is 0 Å². The number of aliphatic hydroxyl groups excluding tert-OH is 1. The lowest BCUT2D eigenvalue weighted by atomic mass is 9.77. The minimum atomic E-state index is -0.934. The number of hydrogen-bond acceptors (Lipinski definition) is 2. The molecule has 0 bridgehead atoms. The summed E-state index contributed by atoms with van der Waals surface area (Å²) in [6.45, 7) is 1.50. The average molecular weight is 241 g/mol. The third-order valence-corrected chi connectivity index (χ3v) is 3.67. The first kappa shape index (κ1) is 12.5. The number of nitrogens with two attached hydrogens (primary N) is 1. The van der Waals surface area contributed by atoms with Crippen LogP contribution in [0, 0.1) is 24.5 Å². The van der Waals surface area contributed by atoms with Crippen LogP contribution in [-0.4, -0.2) is 11.2 Å². The van der Waals surface area contributed by atoms with Gasteiger partial charge in [-0.2, -0.15) is 0 Å². The number of halogens is 2. The molecule has 0 aromatic heterocycles. The Labute approximate surface area is 99.4 Å². The smallest absolute Gasteiger partial charge is 0.163 e. The zero-order valence-electron chi connectivity index (χ0n) is 9.79. The second-order valence-corrected chi connectivity index (χ2v) is 4.81. The molecular weight excluding hydrogens is 224 g/mol. The molecule has 1 fully saturated rings. The van der Waals surface area contributed by atoms with Crippen LogP contribution in [0.4, 0.5) is 8.78 Å². The molecule has 0 aliphatic heterocycles. The predicted molar refractivity (Wildman–Crippen MR) is 61.4 cm³/mol. The number of aliphatic hydroxyl groups is 1. The van der Waals surface area contributed by atoms with Crippen molar-refractivity contribution in [2.24, 2.45) is 11.7 Å². The van der Waals surface area contributed by atoms with E-state index in [0.29, 0.717) is 0 Å². The van der Waals surface area contributed by atoms with Gasteiger partial charge in [-0.05, 0) is 31.2 Å². The zero-order valence-corrected chi connectivity index (χ0v) is 9.79. The van der Waals surface area contributed by atoms with Crippen LogP contribution in [0.5, 0.6) is 0 Å². The Morgan fingerprint density at radius 1 is 1.29 bits per heavy atom. The van der Waals surface area contributed by atoms with Crippen LogP contribution in [-0.2, 0) is 0 Å². The van der Waals surface area contributed by atoms with E-state index in [0.717, 1.165) is 19.3 Å². The molecular formula is C13H17F2NO. The summed E-state index contributed by atoms with van der Waals surface area (Å²) in [6.07, 6.45) is 2.09. The fraction of sp³-hybridized carbons (Fsp3) is 0.538. The summed E-state index contributed by atoms with van der Waals surface area (Å²) in [5.41, 5.74) is 6.12. The van der Waals surface area contributed by atoms with E-state index in [2.05, 4.69) is 0 Å². The van der Waals surface area contributed by atoms with E-state index in [4.69, 9.17) is 5.73 Å². The Morgan fingerprint density at radius 3 is 2.47 bits per heavy atom. The number of benzene rings is 1. The van der Waals surface area contributed by atoms with Crippen molar-refractivity contribution < 1.29 is 13.9 Å². The highest BCUT2D eigenvalue weighted by atomic mass is 19.2. The Balaban J connectivity index is 2.24. The van der Waals surface area contributed by atoms with Crippen molar-refractivity contribution in [2.75, 3.05) is 0 Å². The maximum absolute atomic E-state index is 13.7. The molecule has 4 heteroatoms. The first-order chi connectivity index (χ1) is 8.02. The molecule has 1 aromatic rings. The molecule has 0 amide bonds. The molecule has 17 heavy (non-hydrogen) atoms. The predicted octanol–water partition coefficient (Wildman–Crippen LogP) is 2.43. The monoisotopic (exact) mass is 241 g/mol. The quantitative estimate of drug-likeness (QED) is 0.853. The van der Waals surface area contributed by atoms with E-state index >= 15 is 0 Å². The summed E-state index contributed by atoms with van der Waals surface area (Å²) in [7, 11) is 0. The van der Waals surface area contributed by atoms with Crippen LogP contribution in [0.15, 0.2) is 12.1 Å². The minimum Gasteiger partial charge on any atom is -0.391 e. The first-order valence-corrected chi connectivity index (χ1v) is 5.90. The van der Waals surface area contributed by atoms with Crippen LogP contribution in [0.2, 0.25) is 0 Å². The van der Waals surface area contributed by atoms with Crippen molar-refractivity contribution >= 4 is 0 Å². The average Bonchev–Trinajstić information content (AvgIpc) is 2.23. The Hall–Kier alpha value is -1.00. The van der Waals surface area contributed by atoms with Gasteiger partial charge in [-0.15, -0.1) is 0 Å². The molecule has 0 unspecified atom stereocenters. The van der Waals surface area contributed by atoms with Gasteiger partial charge in [-0.25, -0.2) is 8.78 Å². The fourth-order valence-electron chi connectivity index (χ4n) is 2.18.